The third kappa shape index (κ3) is 4.53. The van der Waals surface area contributed by atoms with Crippen molar-refractivity contribution < 1.29 is 4.79 Å². The van der Waals surface area contributed by atoms with Crippen LogP contribution in [0.1, 0.15) is 54.4 Å². The number of carbonyl (C=O) groups is 1. The molecule has 4 nitrogen and oxygen atoms in total. The number of nitrogens with zero attached hydrogens (tertiary/aromatic N) is 2. The highest BCUT2D eigenvalue weighted by molar-refractivity contribution is 5.87. The van der Waals surface area contributed by atoms with Gasteiger partial charge in [-0.05, 0) is 58.8 Å². The minimum absolute atomic E-state index is 0.131. The lowest BCUT2D eigenvalue weighted by Gasteiger charge is -2.49. The lowest BCUT2D eigenvalue weighted by Crippen LogP contribution is -2.59. The predicted octanol–water partition coefficient (Wildman–Crippen LogP) is 2.37. The van der Waals surface area contributed by atoms with Crippen molar-refractivity contribution in [3.63, 3.8) is 0 Å². The molecule has 0 aromatic carbocycles. The van der Waals surface area contributed by atoms with Crippen LogP contribution in [0.2, 0.25) is 0 Å². The second kappa shape index (κ2) is 7.89. The van der Waals surface area contributed by atoms with Crippen molar-refractivity contribution in [3.05, 3.63) is 0 Å². The van der Waals surface area contributed by atoms with Crippen molar-refractivity contribution >= 4 is 5.78 Å². The molecule has 0 atom stereocenters. The molecule has 1 saturated heterocycles. The molecule has 2 N–H and O–H groups in total. The van der Waals surface area contributed by atoms with Gasteiger partial charge < -0.3 is 10.6 Å². The van der Waals surface area contributed by atoms with Crippen LogP contribution in [0.15, 0.2) is 0 Å². The lowest BCUT2D eigenvalue weighted by molar-refractivity contribution is -0.134. The first-order valence-electron chi connectivity index (χ1n) is 8.83. The van der Waals surface area contributed by atoms with Crippen molar-refractivity contribution in [2.24, 2.45) is 17.1 Å². The molecule has 1 aliphatic heterocycles. The van der Waals surface area contributed by atoms with Crippen molar-refractivity contribution in [1.82, 2.24) is 9.80 Å². The fourth-order valence-corrected chi connectivity index (χ4v) is 3.44. The first-order chi connectivity index (χ1) is 10.1. The molecule has 0 aromatic rings. The van der Waals surface area contributed by atoms with E-state index in [1.165, 1.54) is 19.4 Å². The van der Waals surface area contributed by atoms with Gasteiger partial charge in [-0.1, -0.05) is 27.7 Å². The summed E-state index contributed by atoms with van der Waals surface area (Å²) in [5.41, 5.74) is 5.05. The fraction of sp³-hybridized carbons (Fsp3) is 0.944. The van der Waals surface area contributed by atoms with Crippen molar-refractivity contribution in [2.75, 3.05) is 39.3 Å². The Morgan fingerprint density at radius 3 is 1.95 bits per heavy atom. The molecule has 4 heteroatoms. The van der Waals surface area contributed by atoms with Gasteiger partial charge in [0.1, 0.15) is 0 Å². The average molecular weight is 312 g/mol. The number of ketones is 1. The molecule has 22 heavy (non-hydrogen) atoms. The van der Waals surface area contributed by atoms with Crippen molar-refractivity contribution in [2.45, 2.75) is 59.9 Å². The SMILES string of the molecule is CC(C)CN1CCCN(C(C)(C)C(C)(C)C(=O)CN)CCC1. The monoisotopic (exact) mass is 311 g/mol. The Morgan fingerprint density at radius 2 is 1.55 bits per heavy atom. The number of carbonyl (C=O) groups excluding carboxylic acids is 1. The number of hydrogen-bond acceptors (Lipinski definition) is 4. The van der Waals surface area contributed by atoms with Gasteiger partial charge in [-0.25, -0.2) is 0 Å². The molecular weight excluding hydrogens is 274 g/mol. The molecule has 0 spiro atoms. The van der Waals surface area contributed by atoms with Gasteiger partial charge in [0.2, 0.25) is 0 Å². The molecule has 0 unspecified atom stereocenters. The van der Waals surface area contributed by atoms with E-state index in [2.05, 4.69) is 37.5 Å². The molecule has 1 aliphatic rings. The molecule has 0 radical (unpaired) electrons. The zero-order valence-electron chi connectivity index (χ0n) is 15.6. The minimum Gasteiger partial charge on any atom is -0.324 e. The van der Waals surface area contributed by atoms with E-state index in [1.54, 1.807) is 0 Å². The van der Waals surface area contributed by atoms with E-state index < -0.39 is 5.41 Å². The molecule has 0 saturated carbocycles. The number of nitrogens with two attached hydrogens (primary N) is 1. The topological polar surface area (TPSA) is 49.6 Å². The lowest BCUT2D eigenvalue weighted by atomic mass is 9.70. The Labute approximate surface area is 137 Å². The number of rotatable bonds is 6. The summed E-state index contributed by atoms with van der Waals surface area (Å²) in [5, 5.41) is 0. The summed E-state index contributed by atoms with van der Waals surface area (Å²) in [5.74, 6) is 0.883. The Hall–Kier alpha value is -0.450. The van der Waals surface area contributed by atoms with Crippen molar-refractivity contribution in [3.8, 4) is 0 Å². The van der Waals surface area contributed by atoms with Crippen LogP contribution in [0.5, 0.6) is 0 Å². The summed E-state index contributed by atoms with van der Waals surface area (Å²) in [6.45, 7) is 18.8. The van der Waals surface area contributed by atoms with Crippen LogP contribution in [0.3, 0.4) is 0 Å². The summed E-state index contributed by atoms with van der Waals surface area (Å²) in [6, 6.07) is 0. The van der Waals surface area contributed by atoms with Crippen LogP contribution >= 0.6 is 0 Å². The van der Waals surface area contributed by atoms with E-state index in [9.17, 15) is 4.79 Å². The highest BCUT2D eigenvalue weighted by Gasteiger charge is 2.45. The fourth-order valence-electron chi connectivity index (χ4n) is 3.44. The maximum Gasteiger partial charge on any atom is 0.153 e. The molecule has 130 valence electrons. The third-order valence-corrected chi connectivity index (χ3v) is 5.63. The Balaban J connectivity index is 2.72. The summed E-state index contributed by atoms with van der Waals surface area (Å²) < 4.78 is 0. The second-order valence-electron chi connectivity index (χ2n) is 8.20. The van der Waals surface area contributed by atoms with E-state index in [0.29, 0.717) is 0 Å². The molecule has 0 aliphatic carbocycles. The van der Waals surface area contributed by atoms with E-state index in [4.69, 9.17) is 5.73 Å². The summed E-state index contributed by atoms with van der Waals surface area (Å²) in [4.78, 5) is 17.4. The molecule has 0 amide bonds. The van der Waals surface area contributed by atoms with E-state index in [1.807, 2.05) is 13.8 Å². The number of hydrogen-bond donors (Lipinski definition) is 1. The maximum absolute atomic E-state index is 12.3. The quantitative estimate of drug-likeness (QED) is 0.818. The van der Waals surface area contributed by atoms with Gasteiger partial charge in [0, 0.05) is 17.5 Å². The van der Waals surface area contributed by atoms with Crippen LogP contribution in [0, 0.1) is 11.3 Å². The van der Waals surface area contributed by atoms with Crippen molar-refractivity contribution in [1.29, 1.82) is 0 Å². The first kappa shape index (κ1) is 19.6. The Morgan fingerprint density at radius 1 is 1.05 bits per heavy atom. The van der Waals surface area contributed by atoms with Crippen LogP contribution < -0.4 is 5.73 Å². The third-order valence-electron chi connectivity index (χ3n) is 5.63. The second-order valence-corrected chi connectivity index (χ2v) is 8.20. The van der Waals surface area contributed by atoms with Crippen LogP contribution in [-0.2, 0) is 4.79 Å². The van der Waals surface area contributed by atoms with Gasteiger partial charge in [-0.3, -0.25) is 9.69 Å². The standard InChI is InChI=1S/C18H37N3O/c1-15(2)14-20-9-7-11-21(12-8-10-20)18(5,6)17(3,4)16(22)13-19/h15H,7-14,19H2,1-6H3. The highest BCUT2D eigenvalue weighted by atomic mass is 16.1. The first-order valence-corrected chi connectivity index (χ1v) is 8.83. The largest absolute Gasteiger partial charge is 0.324 e. The van der Waals surface area contributed by atoms with Crippen LogP contribution in [0.25, 0.3) is 0 Å². The molecule has 1 fully saturated rings. The summed E-state index contributed by atoms with van der Waals surface area (Å²) in [7, 11) is 0. The Bertz CT molecular complexity index is 353. The molecule has 1 heterocycles. The zero-order chi connectivity index (χ0) is 17.0. The van der Waals surface area contributed by atoms with Gasteiger partial charge >= 0.3 is 0 Å². The van der Waals surface area contributed by atoms with Gasteiger partial charge in [-0.15, -0.1) is 0 Å². The maximum atomic E-state index is 12.3. The summed E-state index contributed by atoms with van der Waals surface area (Å²) in [6.07, 6.45) is 2.34. The smallest absolute Gasteiger partial charge is 0.153 e. The van der Waals surface area contributed by atoms with E-state index in [0.717, 1.165) is 32.1 Å². The van der Waals surface area contributed by atoms with Gasteiger partial charge in [0.05, 0.1) is 6.54 Å². The van der Waals surface area contributed by atoms with Gasteiger partial charge in [-0.2, -0.15) is 0 Å². The van der Waals surface area contributed by atoms with Gasteiger partial charge in [0.25, 0.3) is 0 Å². The zero-order valence-corrected chi connectivity index (χ0v) is 15.6. The van der Waals surface area contributed by atoms with E-state index >= 15 is 0 Å². The molecule has 0 bridgehead atoms. The molecular formula is C18H37N3O. The average Bonchev–Trinajstić information content (AvgIpc) is 2.39. The molecule has 0 aromatic heterocycles. The minimum atomic E-state index is -0.418. The Kier molecular flexibility index (Phi) is 7.03. The van der Waals surface area contributed by atoms with Gasteiger partial charge in [0.15, 0.2) is 5.78 Å². The number of Topliss-reactive ketones (excluding diaryl/α,β-unsaturated/α-hetero) is 1. The predicted molar refractivity (Wildman–Crippen MR) is 94.0 cm³/mol. The van der Waals surface area contributed by atoms with E-state index in [-0.39, 0.29) is 17.9 Å². The summed E-state index contributed by atoms with van der Waals surface area (Å²) >= 11 is 0. The van der Waals surface area contributed by atoms with Crippen LogP contribution in [0.4, 0.5) is 0 Å². The highest BCUT2D eigenvalue weighted by Crippen LogP contribution is 2.37. The normalized spacial score (nSPS) is 20.0. The van der Waals surface area contributed by atoms with Crippen LogP contribution in [-0.4, -0.2) is 60.4 Å². The molecule has 1 rings (SSSR count).